The van der Waals surface area contributed by atoms with Crippen LogP contribution in [0, 0.1) is 5.92 Å². The Morgan fingerprint density at radius 1 is 1.62 bits per heavy atom. The highest BCUT2D eigenvalue weighted by molar-refractivity contribution is 9.10. The minimum Gasteiger partial charge on any atom is -0.269 e. The van der Waals surface area contributed by atoms with Crippen molar-refractivity contribution in [3.05, 3.63) is 16.4 Å². The molecule has 0 radical (unpaired) electrons. The number of aryl methyl sites for hydroxylation is 1. The molecule has 1 atom stereocenters. The summed E-state index contributed by atoms with van der Waals surface area (Å²) >= 11 is 7.00. The lowest BCUT2D eigenvalue weighted by molar-refractivity contribution is 0.568. The highest BCUT2D eigenvalue weighted by Crippen LogP contribution is 2.20. The molecule has 0 amide bonds. The Morgan fingerprint density at radius 3 is 2.85 bits per heavy atom. The summed E-state index contributed by atoms with van der Waals surface area (Å²) in [6.07, 6.45) is 2.94. The molecule has 1 heterocycles. The first kappa shape index (κ1) is 11.2. The molecule has 0 fully saturated rings. The van der Waals surface area contributed by atoms with E-state index in [9.17, 15) is 0 Å². The maximum absolute atomic E-state index is 4.28. The molecule has 74 valence electrons. The predicted molar refractivity (Wildman–Crippen MR) is 62.3 cm³/mol. The van der Waals surface area contributed by atoms with Crippen molar-refractivity contribution in [2.24, 2.45) is 5.92 Å². The van der Waals surface area contributed by atoms with Crippen molar-refractivity contribution < 1.29 is 0 Å². The van der Waals surface area contributed by atoms with Crippen LogP contribution >= 0.6 is 31.9 Å². The molecule has 1 aromatic heterocycles. The van der Waals surface area contributed by atoms with E-state index in [0.717, 1.165) is 22.8 Å². The molecule has 0 saturated heterocycles. The van der Waals surface area contributed by atoms with Crippen molar-refractivity contribution in [1.82, 2.24) is 9.78 Å². The van der Waals surface area contributed by atoms with Gasteiger partial charge in [0.05, 0.1) is 16.4 Å². The Balaban J connectivity index is 2.79. The van der Waals surface area contributed by atoms with E-state index in [1.54, 1.807) is 0 Å². The van der Waals surface area contributed by atoms with E-state index in [0.29, 0.717) is 5.92 Å². The molecule has 1 aromatic rings. The van der Waals surface area contributed by atoms with Crippen molar-refractivity contribution in [3.8, 4) is 0 Å². The van der Waals surface area contributed by atoms with Crippen LogP contribution in [-0.2, 0) is 13.0 Å². The largest absolute Gasteiger partial charge is 0.269 e. The Hall–Kier alpha value is 0.170. The third kappa shape index (κ3) is 2.81. The summed E-state index contributed by atoms with van der Waals surface area (Å²) in [4.78, 5) is 0. The van der Waals surface area contributed by atoms with Gasteiger partial charge in [-0.05, 0) is 35.2 Å². The third-order valence-electron chi connectivity index (χ3n) is 2.00. The van der Waals surface area contributed by atoms with E-state index in [1.807, 2.05) is 10.9 Å². The number of alkyl halides is 1. The molecular formula is C9H14Br2N2. The van der Waals surface area contributed by atoms with Crippen molar-refractivity contribution in [2.75, 3.05) is 5.33 Å². The highest BCUT2D eigenvalue weighted by atomic mass is 79.9. The second-order valence-corrected chi connectivity index (χ2v) is 4.72. The fourth-order valence-corrected chi connectivity index (χ4v) is 1.93. The molecule has 13 heavy (non-hydrogen) atoms. The summed E-state index contributed by atoms with van der Waals surface area (Å²) in [5, 5.41) is 5.31. The second kappa shape index (κ2) is 5.15. The minimum atomic E-state index is 0.651. The van der Waals surface area contributed by atoms with E-state index in [2.05, 4.69) is 50.8 Å². The predicted octanol–water partition coefficient (Wildman–Crippen LogP) is 3.24. The van der Waals surface area contributed by atoms with Gasteiger partial charge in [0.25, 0.3) is 0 Å². The number of nitrogens with zero attached hydrogens (tertiary/aromatic N) is 2. The van der Waals surface area contributed by atoms with Crippen LogP contribution in [0.3, 0.4) is 0 Å². The molecular weight excluding hydrogens is 296 g/mol. The Kier molecular flexibility index (Phi) is 4.46. The lowest BCUT2D eigenvalue weighted by Gasteiger charge is -2.09. The normalized spacial score (nSPS) is 13.2. The maximum Gasteiger partial charge on any atom is 0.0635 e. The van der Waals surface area contributed by atoms with Gasteiger partial charge in [0.1, 0.15) is 0 Å². The number of rotatable bonds is 4. The van der Waals surface area contributed by atoms with Gasteiger partial charge in [-0.25, -0.2) is 0 Å². The summed E-state index contributed by atoms with van der Waals surface area (Å²) in [6, 6.07) is 0. The first-order chi connectivity index (χ1) is 6.19. The molecule has 2 nitrogen and oxygen atoms in total. The molecule has 1 rings (SSSR count). The van der Waals surface area contributed by atoms with Crippen molar-refractivity contribution in [2.45, 2.75) is 26.8 Å². The number of halogens is 2. The maximum atomic E-state index is 4.28. The first-order valence-electron chi connectivity index (χ1n) is 4.45. The lowest BCUT2D eigenvalue weighted by atomic mass is 10.1. The van der Waals surface area contributed by atoms with E-state index >= 15 is 0 Å². The number of hydrogen-bond acceptors (Lipinski definition) is 1. The summed E-state index contributed by atoms with van der Waals surface area (Å²) in [6.45, 7) is 5.28. The molecule has 0 N–H and O–H groups in total. The standard InChI is InChI=1S/C9H14Br2N2/c1-3-13-9(4-7(2)5-10)8(11)6-12-13/h6-7H,3-5H2,1-2H3. The van der Waals surface area contributed by atoms with Crippen molar-refractivity contribution in [3.63, 3.8) is 0 Å². The van der Waals surface area contributed by atoms with Gasteiger partial charge < -0.3 is 0 Å². The molecule has 0 aliphatic heterocycles. The summed E-state index contributed by atoms with van der Waals surface area (Å²) < 4.78 is 3.17. The fraction of sp³-hybridized carbons (Fsp3) is 0.667. The third-order valence-corrected chi connectivity index (χ3v) is 3.77. The average molecular weight is 310 g/mol. The molecule has 0 aromatic carbocycles. The zero-order valence-corrected chi connectivity index (χ0v) is 11.1. The number of hydrogen-bond donors (Lipinski definition) is 0. The van der Waals surface area contributed by atoms with E-state index < -0.39 is 0 Å². The topological polar surface area (TPSA) is 17.8 Å². The van der Waals surface area contributed by atoms with Crippen LogP contribution in [-0.4, -0.2) is 15.1 Å². The van der Waals surface area contributed by atoms with Gasteiger partial charge in [-0.2, -0.15) is 5.10 Å². The first-order valence-corrected chi connectivity index (χ1v) is 6.36. The fourth-order valence-electron chi connectivity index (χ4n) is 1.25. The average Bonchev–Trinajstić information content (AvgIpc) is 2.48. The molecule has 1 unspecified atom stereocenters. The van der Waals surface area contributed by atoms with Gasteiger partial charge in [0, 0.05) is 11.9 Å². The van der Waals surface area contributed by atoms with Crippen LogP contribution in [0.15, 0.2) is 10.7 Å². The Bertz CT molecular complexity index is 271. The van der Waals surface area contributed by atoms with Crippen LogP contribution < -0.4 is 0 Å². The van der Waals surface area contributed by atoms with Crippen LogP contribution in [0.25, 0.3) is 0 Å². The van der Waals surface area contributed by atoms with E-state index in [-0.39, 0.29) is 0 Å². The quantitative estimate of drug-likeness (QED) is 0.781. The highest BCUT2D eigenvalue weighted by Gasteiger charge is 2.10. The van der Waals surface area contributed by atoms with Gasteiger partial charge >= 0.3 is 0 Å². The summed E-state index contributed by atoms with van der Waals surface area (Å²) in [5.41, 5.74) is 1.30. The zero-order valence-electron chi connectivity index (χ0n) is 7.93. The van der Waals surface area contributed by atoms with Gasteiger partial charge in [0.15, 0.2) is 0 Å². The van der Waals surface area contributed by atoms with Gasteiger partial charge in [-0.15, -0.1) is 0 Å². The molecule has 0 aliphatic carbocycles. The molecule has 0 bridgehead atoms. The van der Waals surface area contributed by atoms with Gasteiger partial charge in [-0.1, -0.05) is 22.9 Å². The summed E-state index contributed by atoms with van der Waals surface area (Å²) in [5.74, 6) is 0.651. The molecule has 0 saturated carbocycles. The van der Waals surface area contributed by atoms with Crippen LogP contribution in [0.1, 0.15) is 19.5 Å². The lowest BCUT2D eigenvalue weighted by Crippen LogP contribution is -2.08. The van der Waals surface area contributed by atoms with Crippen LogP contribution in [0.5, 0.6) is 0 Å². The molecule has 0 spiro atoms. The van der Waals surface area contributed by atoms with Gasteiger partial charge in [-0.3, -0.25) is 4.68 Å². The monoisotopic (exact) mass is 308 g/mol. The second-order valence-electron chi connectivity index (χ2n) is 3.22. The zero-order chi connectivity index (χ0) is 9.84. The minimum absolute atomic E-state index is 0.651. The molecule has 0 aliphatic rings. The van der Waals surface area contributed by atoms with Crippen molar-refractivity contribution >= 4 is 31.9 Å². The van der Waals surface area contributed by atoms with Crippen LogP contribution in [0.4, 0.5) is 0 Å². The van der Waals surface area contributed by atoms with Gasteiger partial charge in [0.2, 0.25) is 0 Å². The SMILES string of the molecule is CCn1ncc(Br)c1CC(C)CBr. The van der Waals surface area contributed by atoms with E-state index in [4.69, 9.17) is 0 Å². The van der Waals surface area contributed by atoms with Crippen molar-refractivity contribution in [1.29, 1.82) is 0 Å². The summed E-state index contributed by atoms with van der Waals surface area (Å²) in [7, 11) is 0. The number of aromatic nitrogens is 2. The molecule has 4 heteroatoms. The smallest absolute Gasteiger partial charge is 0.0635 e. The Morgan fingerprint density at radius 2 is 2.31 bits per heavy atom. The van der Waals surface area contributed by atoms with E-state index in [1.165, 1.54) is 5.69 Å². The van der Waals surface area contributed by atoms with Crippen LogP contribution in [0.2, 0.25) is 0 Å². The Labute approximate surface area is 96.0 Å².